The molecular weight excluding hydrogens is 452 g/mol. The fraction of sp³-hybridized carbons (Fsp3) is 0.206. The van der Waals surface area contributed by atoms with E-state index in [0.29, 0.717) is 12.0 Å². The number of hydrogen-bond donors (Lipinski definition) is 0. The van der Waals surface area contributed by atoms with Crippen molar-refractivity contribution in [3.8, 4) is 11.3 Å². The molecule has 5 aromatic rings. The highest BCUT2D eigenvalue weighted by Gasteiger charge is 2.80. The number of allylic oxidation sites excluding steroid dienone is 2. The van der Waals surface area contributed by atoms with Crippen molar-refractivity contribution in [1.29, 1.82) is 0 Å². The van der Waals surface area contributed by atoms with Gasteiger partial charge in [-0.3, -0.25) is 0 Å². The third kappa shape index (κ3) is 2.12. The minimum absolute atomic E-state index is 0.133. The van der Waals surface area contributed by atoms with Gasteiger partial charge in [-0.2, -0.15) is 4.57 Å². The molecule has 37 heavy (non-hydrogen) atoms. The number of likely N-dealkylation sites (N-methyl/N-ethyl adjacent to an activating group) is 1. The highest BCUT2D eigenvalue weighted by atomic mass is 16.3. The summed E-state index contributed by atoms with van der Waals surface area (Å²) in [6, 6.07) is 23.2. The van der Waals surface area contributed by atoms with Gasteiger partial charge in [-0.15, -0.1) is 0 Å². The zero-order chi connectivity index (χ0) is 24.6. The molecule has 3 nitrogen and oxygen atoms in total. The number of aryl methyl sites for hydroxylation is 1. The number of benzene rings is 3. The van der Waals surface area contributed by atoms with E-state index in [9.17, 15) is 0 Å². The van der Waals surface area contributed by atoms with Crippen LogP contribution in [0.1, 0.15) is 52.3 Å². The van der Waals surface area contributed by atoms with Gasteiger partial charge in [0.05, 0.1) is 5.92 Å². The molecule has 1 fully saturated rings. The van der Waals surface area contributed by atoms with Crippen LogP contribution in [0.3, 0.4) is 0 Å². The van der Waals surface area contributed by atoms with E-state index in [-0.39, 0.29) is 5.54 Å². The lowest BCUT2D eigenvalue weighted by Gasteiger charge is -2.23. The van der Waals surface area contributed by atoms with Crippen molar-refractivity contribution < 1.29 is 8.98 Å². The highest BCUT2D eigenvalue weighted by Crippen LogP contribution is 2.75. The Kier molecular flexibility index (Phi) is 3.47. The molecule has 3 unspecified atom stereocenters. The summed E-state index contributed by atoms with van der Waals surface area (Å²) in [5, 5.41) is 2.44. The van der Waals surface area contributed by atoms with Gasteiger partial charge >= 0.3 is 0 Å². The Morgan fingerprint density at radius 1 is 1.00 bits per heavy atom. The summed E-state index contributed by atoms with van der Waals surface area (Å²) in [4.78, 5) is 2.56. The standard InChI is InChI=1S/C34H27N2O/c1-4-27-29-26(16-15-25-24-14-13-20-8-7-11-21(20)31(24)37-32(25)29)34(35(27)3)30-23-10-6-5-9-22(23)28-17-12-19(2)18-36(28)33(30)34/h4-7,9-18,30,33H,8H2,1-3H3/q+1/b27-4-. The first kappa shape index (κ1) is 20.0. The maximum atomic E-state index is 6.83. The molecule has 3 heteroatoms. The molecule has 4 heterocycles. The zero-order valence-electron chi connectivity index (χ0n) is 21.2. The molecule has 0 amide bonds. The fourth-order valence-electron chi connectivity index (χ4n) is 8.06. The molecule has 3 aromatic carbocycles. The predicted octanol–water partition coefficient (Wildman–Crippen LogP) is 7.27. The predicted molar refractivity (Wildman–Crippen MR) is 148 cm³/mol. The summed E-state index contributed by atoms with van der Waals surface area (Å²) in [6.07, 6.45) is 10.1. The average molecular weight is 480 g/mol. The van der Waals surface area contributed by atoms with Crippen molar-refractivity contribution in [1.82, 2.24) is 4.90 Å². The van der Waals surface area contributed by atoms with Gasteiger partial charge in [0.2, 0.25) is 5.69 Å². The first-order valence-electron chi connectivity index (χ1n) is 13.3. The van der Waals surface area contributed by atoms with Gasteiger partial charge in [-0.1, -0.05) is 60.7 Å². The van der Waals surface area contributed by atoms with Gasteiger partial charge in [0.25, 0.3) is 0 Å². The van der Waals surface area contributed by atoms with Gasteiger partial charge in [-0.25, -0.2) is 0 Å². The molecule has 0 radical (unpaired) electrons. The smallest absolute Gasteiger partial charge is 0.213 e. The third-order valence-corrected chi connectivity index (χ3v) is 9.57. The summed E-state index contributed by atoms with van der Waals surface area (Å²) < 4.78 is 9.38. The molecule has 1 saturated carbocycles. The summed E-state index contributed by atoms with van der Waals surface area (Å²) >= 11 is 0. The third-order valence-electron chi connectivity index (χ3n) is 9.57. The van der Waals surface area contributed by atoms with E-state index in [1.54, 1.807) is 0 Å². The van der Waals surface area contributed by atoms with E-state index in [1.165, 1.54) is 61.1 Å². The minimum Gasteiger partial charge on any atom is -0.455 e. The first-order valence-corrected chi connectivity index (χ1v) is 13.3. The van der Waals surface area contributed by atoms with Gasteiger partial charge in [-0.05, 0) is 49.1 Å². The maximum Gasteiger partial charge on any atom is 0.213 e. The Hall–Kier alpha value is -4.11. The molecule has 0 saturated heterocycles. The lowest BCUT2D eigenvalue weighted by Crippen LogP contribution is -2.42. The van der Waals surface area contributed by atoms with Crippen molar-refractivity contribution in [3.05, 3.63) is 112 Å². The monoisotopic (exact) mass is 479 g/mol. The maximum absolute atomic E-state index is 6.83. The van der Waals surface area contributed by atoms with Gasteiger partial charge in [0.1, 0.15) is 16.7 Å². The Labute approximate surface area is 216 Å². The number of rotatable bonds is 0. The van der Waals surface area contributed by atoms with Crippen molar-refractivity contribution in [2.75, 3.05) is 7.05 Å². The van der Waals surface area contributed by atoms with Crippen LogP contribution in [0.2, 0.25) is 0 Å². The van der Waals surface area contributed by atoms with Gasteiger partial charge < -0.3 is 9.32 Å². The molecule has 1 spiro atoms. The molecule has 2 aliphatic carbocycles. The van der Waals surface area contributed by atoms with Crippen LogP contribution in [0.25, 0.3) is 45.0 Å². The molecule has 9 rings (SSSR count). The van der Waals surface area contributed by atoms with Crippen molar-refractivity contribution in [3.63, 3.8) is 0 Å². The minimum atomic E-state index is -0.133. The number of nitrogens with zero attached hydrogens (tertiary/aromatic N) is 2. The molecule has 0 bridgehead atoms. The number of pyridine rings is 1. The molecule has 2 aliphatic heterocycles. The topological polar surface area (TPSA) is 20.3 Å². The van der Waals surface area contributed by atoms with E-state index in [4.69, 9.17) is 4.42 Å². The van der Waals surface area contributed by atoms with Crippen molar-refractivity contribution in [2.45, 2.75) is 37.8 Å². The lowest BCUT2D eigenvalue weighted by atomic mass is 9.93. The Morgan fingerprint density at radius 3 is 2.73 bits per heavy atom. The second kappa shape index (κ2) is 6.41. The van der Waals surface area contributed by atoms with E-state index in [0.717, 1.165) is 17.6 Å². The van der Waals surface area contributed by atoms with Crippen LogP contribution in [0.5, 0.6) is 0 Å². The Bertz CT molecular complexity index is 1920. The van der Waals surface area contributed by atoms with Crippen LogP contribution in [-0.2, 0) is 12.0 Å². The quantitative estimate of drug-likeness (QED) is 0.218. The highest BCUT2D eigenvalue weighted by molar-refractivity contribution is 6.11. The number of aromatic nitrogens is 1. The second-order valence-corrected chi connectivity index (χ2v) is 11.2. The van der Waals surface area contributed by atoms with Crippen LogP contribution < -0.4 is 4.57 Å². The Balaban J connectivity index is 1.37. The van der Waals surface area contributed by atoms with E-state index >= 15 is 0 Å². The summed E-state index contributed by atoms with van der Waals surface area (Å²) in [7, 11) is 2.29. The molecule has 0 N–H and O–H groups in total. The number of furan rings is 1. The van der Waals surface area contributed by atoms with Crippen LogP contribution in [-0.4, -0.2) is 11.9 Å². The zero-order valence-corrected chi connectivity index (χ0v) is 21.2. The molecule has 178 valence electrons. The molecule has 4 aliphatic rings. The van der Waals surface area contributed by atoms with Crippen LogP contribution in [0.15, 0.2) is 83.4 Å². The van der Waals surface area contributed by atoms with Crippen LogP contribution >= 0.6 is 0 Å². The van der Waals surface area contributed by atoms with Crippen LogP contribution in [0, 0.1) is 6.92 Å². The number of hydrogen-bond acceptors (Lipinski definition) is 2. The van der Waals surface area contributed by atoms with Gasteiger partial charge in [0, 0.05) is 51.8 Å². The van der Waals surface area contributed by atoms with E-state index in [1.807, 2.05) is 0 Å². The number of fused-ring (bicyclic) bond motifs is 16. The molecule has 2 aromatic heterocycles. The van der Waals surface area contributed by atoms with Crippen LogP contribution in [0.4, 0.5) is 0 Å². The summed E-state index contributed by atoms with van der Waals surface area (Å²) in [5.41, 5.74) is 13.9. The fourth-order valence-corrected chi connectivity index (χ4v) is 8.06. The Morgan fingerprint density at radius 2 is 1.84 bits per heavy atom. The van der Waals surface area contributed by atoms with E-state index < -0.39 is 0 Å². The van der Waals surface area contributed by atoms with Crippen molar-refractivity contribution >= 4 is 33.7 Å². The molecular formula is C34H27N2O+. The lowest BCUT2D eigenvalue weighted by molar-refractivity contribution is -0.697. The average Bonchev–Trinajstić information content (AvgIpc) is 3.16. The second-order valence-electron chi connectivity index (χ2n) is 11.2. The first-order chi connectivity index (χ1) is 18.1. The van der Waals surface area contributed by atoms with Gasteiger partial charge in [0.15, 0.2) is 12.2 Å². The normalized spacial score (nSPS) is 25.1. The summed E-state index contributed by atoms with van der Waals surface area (Å²) in [5.74, 6) is 0.387. The summed E-state index contributed by atoms with van der Waals surface area (Å²) in [6.45, 7) is 4.37. The van der Waals surface area contributed by atoms with Crippen molar-refractivity contribution in [2.24, 2.45) is 0 Å². The molecule has 3 atom stereocenters. The van der Waals surface area contributed by atoms with E-state index in [2.05, 4.69) is 115 Å². The largest absolute Gasteiger partial charge is 0.455 e. The SMILES string of the molecule is C/C=C1/c2c(ccc3c2oc2c4c(ccc23)CC=C4)C2(C3c4ccccc4-c4ccc(C)c[n+]4C32)N1C.